The van der Waals surface area contributed by atoms with Gasteiger partial charge >= 0.3 is 0 Å². The molecule has 0 unspecified atom stereocenters. The first-order chi connectivity index (χ1) is 77.0. The summed E-state index contributed by atoms with van der Waals surface area (Å²) >= 11 is 0. The van der Waals surface area contributed by atoms with Gasteiger partial charge in [0.2, 0.25) is 0 Å². The summed E-state index contributed by atoms with van der Waals surface area (Å²) < 4.78 is 418. The van der Waals surface area contributed by atoms with Crippen LogP contribution in [-0.4, -0.2) is 0 Å². The van der Waals surface area contributed by atoms with Gasteiger partial charge in [-0.25, -0.2) is 0 Å². The van der Waals surface area contributed by atoms with E-state index in [0.29, 0.717) is 27.6 Å². The van der Waals surface area contributed by atoms with E-state index in [-0.39, 0.29) is 164 Å². The highest BCUT2D eigenvalue weighted by Gasteiger charge is 2.36. The average molecular weight is 1550 g/mol. The lowest BCUT2D eigenvalue weighted by Crippen LogP contribution is -2.14. The molecule has 0 fully saturated rings. The van der Waals surface area contributed by atoms with Crippen molar-refractivity contribution in [3.05, 3.63) is 423 Å². The minimum absolute atomic E-state index is 0.0636. The number of hydrogen-bond donors (Lipinski definition) is 0. The average Bonchev–Trinajstić information content (AvgIpc) is 1.60. The summed E-state index contributed by atoms with van der Waals surface area (Å²) in [5.74, 6) is 0. The SMILES string of the molecule is [2H]c1c([2H])c([2H])c2c(oc3c([2H])c([2H])c(-c4c5c([2H])c([2H])c([2H])c([2H])c5c(-c5ccc6c(c5)-c5ccccc5C6(C)C)c5c([2H])c([2H])c([2H])c([2H])c45)c([2H])c32)c1[2H].[2H]c1c([2H])c([2H])c2c(oc3c([2H])c([2H])c(-c4c5c([2H])c([2H])c([2H])c([2H])c5c(-c5cccc(-c6ccccc6)c5)c5c([2H])c([2H])c([2H])c([2H])c45)c([2H])c32)c1[2H].[2H]c1c([2H])c([2H])c2c(oc3c([2H])c([2H])c(-c4c5c([2H])c([2H])c([2H])c([2H])c5c(-c5cccc6ccccc56)c5c([2H])c([2H])c([2H])c([2H])c45)c([2H])c32)c1[2H]. The topological polar surface area (TPSA) is 39.4 Å². The van der Waals surface area contributed by atoms with Gasteiger partial charge < -0.3 is 13.3 Å². The Kier molecular flexibility index (Phi) is 8.64. The second kappa shape index (κ2) is 27.6. The molecule has 21 aromatic carbocycles. The van der Waals surface area contributed by atoms with Crippen LogP contribution in [-0.2, 0) is 5.41 Å². The lowest BCUT2D eigenvalue weighted by atomic mass is 9.81. The lowest BCUT2D eigenvalue weighted by molar-refractivity contribution is 0.660. The Bertz CT molecular complexity index is 10900. The van der Waals surface area contributed by atoms with Crippen molar-refractivity contribution in [1.82, 2.24) is 0 Å². The fraction of sp³-hybridized carbons (Fsp3) is 0.0261. The molecule has 0 saturated heterocycles. The summed E-state index contributed by atoms with van der Waals surface area (Å²) in [5.41, 5.74) is 1.80. The van der Waals surface area contributed by atoms with E-state index in [9.17, 15) is 24.7 Å². The highest BCUT2D eigenvalue weighted by molar-refractivity contribution is 6.27. The molecule has 0 spiro atoms. The zero-order valence-electron chi connectivity index (χ0n) is 107. The molecule has 0 amide bonds. The van der Waals surface area contributed by atoms with Gasteiger partial charge in [-0.3, -0.25) is 0 Å². The van der Waals surface area contributed by atoms with Gasteiger partial charge in [0, 0.05) is 37.7 Å². The van der Waals surface area contributed by atoms with Crippen molar-refractivity contribution in [3.63, 3.8) is 0 Å². The molecule has 552 valence electrons. The predicted molar refractivity (Wildman–Crippen MR) is 499 cm³/mol. The molecular formula is C115H74O3. The number of furan rings is 3. The zero-order chi connectivity index (χ0) is 117. The molecule has 0 N–H and O–H groups in total. The summed E-state index contributed by atoms with van der Waals surface area (Å²) in [6, 6.07) is 14.2. The molecule has 25 rings (SSSR count). The Morgan fingerprint density at radius 2 is 0.500 bits per heavy atom. The molecular weight excluding hydrogens is 1430 g/mol. The van der Waals surface area contributed by atoms with E-state index in [1.807, 2.05) is 91.0 Å². The van der Waals surface area contributed by atoms with E-state index in [1.54, 1.807) is 48.5 Å². The quantitative estimate of drug-likeness (QED) is 0.149. The largest absolute Gasteiger partial charge is 0.456 e. The minimum atomic E-state index is -0.692. The number of rotatable bonds is 7. The molecule has 0 atom stereocenters. The third-order valence-corrected chi connectivity index (χ3v) is 21.7. The Labute approximate surface area is 745 Å². The monoisotopic (exact) mass is 1550 g/mol. The Morgan fingerprint density at radius 3 is 0.941 bits per heavy atom. The van der Waals surface area contributed by atoms with E-state index in [1.165, 1.54) is 0 Å². The van der Waals surface area contributed by atoms with Crippen molar-refractivity contribution >= 4 is 141 Å². The molecule has 0 bridgehead atoms. The van der Waals surface area contributed by atoms with Crippen LogP contribution in [0.25, 0.3) is 230 Å². The molecule has 3 heterocycles. The Hall–Kier alpha value is -15.2. The van der Waals surface area contributed by atoms with Crippen molar-refractivity contribution in [2.75, 3.05) is 0 Å². The standard InChI is InChI=1S/C41H28O.C38H24O.C36H22O/c1-41(2)35-17-9-7-11-27(35)33-23-25(19-21-36(33)41)39-29-13-3-5-15-31(29)40(32-16-6-4-14-30(32)39)26-20-22-38-34(24-26)28-12-8-10-18-37(28)42-38;1-2-11-25(12-3-1)26-13-10-14-27(23-26)37-30-16-4-6-18-32(30)38(33-19-7-5-17-31(33)37)28-21-22-36-34(24-28)29-15-8-9-20-35(29)39-36;1-2-12-25-23(10-1)11-9-18-27(25)36-30-16-5-3-14-28(30)35(29-15-4-6-17-31(29)36)24-20-21-34-32(22-24)26-13-7-8-19-33(26)37-34/h3-24H,1-2H3;1-24H;1-22H/i3D,4D,5D,6D,8D,10D,12D,13D,14D,15D,16D,18D,20D,22D,24D;4D,5D,6D,7D,8D,9D,15D,16D,17D,18D,19D,20D,21D,22D,24D;3D,4D,5D,6D,7D,8D,13D,14D,15D,16D,17D,19D,20D,21D,22D. The van der Waals surface area contributed by atoms with Gasteiger partial charge in [-0.2, -0.15) is 0 Å². The summed E-state index contributed by atoms with van der Waals surface area (Å²) in [6.45, 7) is 4.18. The molecule has 24 aromatic rings. The van der Waals surface area contributed by atoms with Crippen LogP contribution >= 0.6 is 0 Å². The summed E-state index contributed by atoms with van der Waals surface area (Å²) in [6.07, 6.45) is 0. The molecule has 0 saturated carbocycles. The van der Waals surface area contributed by atoms with Crippen molar-refractivity contribution < 1.29 is 74.9 Å². The Balaban J connectivity index is 0.000000131. The number of hydrogen-bond acceptors (Lipinski definition) is 3. The lowest BCUT2D eigenvalue weighted by Gasteiger charge is -2.22. The van der Waals surface area contributed by atoms with Crippen LogP contribution in [0.1, 0.15) is 86.7 Å². The maximum absolute atomic E-state index is 9.60. The van der Waals surface area contributed by atoms with Crippen molar-refractivity contribution in [2.45, 2.75) is 19.3 Å². The summed E-state index contributed by atoms with van der Waals surface area (Å²) in [4.78, 5) is 0. The van der Waals surface area contributed by atoms with E-state index in [0.717, 1.165) is 33.2 Å². The first kappa shape index (κ1) is 37.0. The predicted octanol–water partition coefficient (Wildman–Crippen LogP) is 32.8. The van der Waals surface area contributed by atoms with Gasteiger partial charge in [-0.15, -0.1) is 0 Å². The van der Waals surface area contributed by atoms with Gasteiger partial charge in [-0.1, -0.05) is 359 Å². The van der Waals surface area contributed by atoms with E-state index >= 15 is 0 Å². The van der Waals surface area contributed by atoms with Crippen molar-refractivity contribution in [3.8, 4) is 89.0 Å². The first-order valence-electron chi connectivity index (χ1n) is 59.6. The molecule has 3 heteroatoms. The van der Waals surface area contributed by atoms with Crippen molar-refractivity contribution in [2.24, 2.45) is 0 Å². The van der Waals surface area contributed by atoms with Gasteiger partial charge in [0.15, 0.2) is 0 Å². The maximum Gasteiger partial charge on any atom is 0.135 e. The zero-order valence-corrected chi connectivity index (χ0v) is 61.5. The van der Waals surface area contributed by atoms with Crippen LogP contribution in [0.4, 0.5) is 0 Å². The van der Waals surface area contributed by atoms with Crippen LogP contribution < -0.4 is 0 Å². The number of fused-ring (bicyclic) bond motifs is 19. The molecule has 3 aromatic heterocycles. The van der Waals surface area contributed by atoms with Crippen LogP contribution in [0.5, 0.6) is 0 Å². The first-order valence-corrected chi connectivity index (χ1v) is 37.1. The summed E-state index contributed by atoms with van der Waals surface area (Å²) in [5, 5.41) is -2.60. The fourth-order valence-corrected chi connectivity index (χ4v) is 16.6. The van der Waals surface area contributed by atoms with E-state index < -0.39 is 294 Å². The molecule has 0 radical (unpaired) electrons. The second-order valence-corrected chi connectivity index (χ2v) is 28.4. The van der Waals surface area contributed by atoms with Crippen LogP contribution in [0.2, 0.25) is 0 Å². The smallest absolute Gasteiger partial charge is 0.135 e. The van der Waals surface area contributed by atoms with E-state index in [4.69, 9.17) is 50.3 Å². The van der Waals surface area contributed by atoms with Crippen LogP contribution in [0.15, 0.2) is 425 Å². The maximum atomic E-state index is 9.60. The second-order valence-electron chi connectivity index (χ2n) is 28.4. The number of benzene rings is 21. The minimum Gasteiger partial charge on any atom is -0.456 e. The highest BCUT2D eigenvalue weighted by atomic mass is 16.3. The van der Waals surface area contributed by atoms with Gasteiger partial charge in [0.1, 0.15) is 33.5 Å². The van der Waals surface area contributed by atoms with Gasteiger partial charge in [0.05, 0.1) is 61.7 Å². The molecule has 3 nitrogen and oxygen atoms in total. The van der Waals surface area contributed by atoms with E-state index in [2.05, 4.69) is 13.8 Å². The third kappa shape index (κ3) is 11.0. The fourth-order valence-electron chi connectivity index (χ4n) is 16.6. The van der Waals surface area contributed by atoms with Gasteiger partial charge in [0.25, 0.3) is 0 Å². The third-order valence-electron chi connectivity index (χ3n) is 21.7. The molecule has 0 aliphatic heterocycles. The van der Waals surface area contributed by atoms with Crippen molar-refractivity contribution in [1.29, 1.82) is 0 Å². The number of para-hydroxylation sites is 3. The molecule has 1 aliphatic carbocycles. The molecule has 118 heavy (non-hydrogen) atoms. The van der Waals surface area contributed by atoms with Gasteiger partial charge in [-0.05, 0) is 242 Å². The van der Waals surface area contributed by atoms with Crippen LogP contribution in [0, 0.1) is 0 Å². The van der Waals surface area contributed by atoms with Crippen LogP contribution in [0.3, 0.4) is 0 Å². The Morgan fingerprint density at radius 1 is 0.195 bits per heavy atom. The highest BCUT2D eigenvalue weighted by Crippen LogP contribution is 2.54. The normalized spacial score (nSPS) is 17.7. The molecule has 1 aliphatic rings. The summed E-state index contributed by atoms with van der Waals surface area (Å²) in [7, 11) is 0.